The fourth-order valence-corrected chi connectivity index (χ4v) is 2.31. The van der Waals surface area contributed by atoms with E-state index in [1.54, 1.807) is 17.0 Å². The van der Waals surface area contributed by atoms with Gasteiger partial charge in [-0.15, -0.1) is 0 Å². The van der Waals surface area contributed by atoms with Crippen molar-refractivity contribution in [1.82, 2.24) is 4.90 Å². The third kappa shape index (κ3) is 4.49. The van der Waals surface area contributed by atoms with E-state index in [0.29, 0.717) is 25.2 Å². The Kier molecular flexibility index (Phi) is 6.02. The quantitative estimate of drug-likeness (QED) is 0.834. The molecule has 3 N–H and O–H groups in total. The number of benzene rings is 1. The summed E-state index contributed by atoms with van der Waals surface area (Å²) in [5.74, 6) is -0.156. The summed E-state index contributed by atoms with van der Waals surface area (Å²) < 4.78 is 0.771. The van der Waals surface area contributed by atoms with Crippen LogP contribution in [0.4, 0.5) is 0 Å². The average molecular weight is 343 g/mol. The fraction of sp³-hybridized carbons (Fsp3) is 0.533. The normalized spacial score (nSPS) is 11.4. The molecule has 0 heterocycles. The van der Waals surface area contributed by atoms with Crippen molar-refractivity contribution in [3.05, 3.63) is 28.2 Å². The lowest BCUT2D eigenvalue weighted by atomic mass is 9.92. The van der Waals surface area contributed by atoms with E-state index in [0.717, 1.165) is 10.9 Å². The van der Waals surface area contributed by atoms with Crippen LogP contribution in [0.3, 0.4) is 0 Å². The lowest BCUT2D eigenvalue weighted by Gasteiger charge is -2.32. The maximum absolute atomic E-state index is 12.6. The van der Waals surface area contributed by atoms with E-state index in [1.807, 2.05) is 20.8 Å². The highest BCUT2D eigenvalue weighted by molar-refractivity contribution is 9.10. The van der Waals surface area contributed by atoms with Gasteiger partial charge >= 0.3 is 0 Å². The Morgan fingerprint density at radius 1 is 1.45 bits per heavy atom. The number of nitrogens with two attached hydrogens (primary N) is 1. The Morgan fingerprint density at radius 2 is 2.10 bits per heavy atom. The average Bonchev–Trinajstić information content (AvgIpc) is 2.40. The first-order valence-electron chi connectivity index (χ1n) is 6.78. The molecule has 0 aromatic heterocycles. The van der Waals surface area contributed by atoms with Gasteiger partial charge in [-0.3, -0.25) is 4.79 Å². The lowest BCUT2D eigenvalue weighted by molar-refractivity contribution is 0.0686. The van der Waals surface area contributed by atoms with E-state index in [1.165, 1.54) is 6.07 Å². The first-order chi connectivity index (χ1) is 9.30. The van der Waals surface area contributed by atoms with Crippen molar-refractivity contribution in [2.45, 2.75) is 27.2 Å². The van der Waals surface area contributed by atoms with Crippen LogP contribution in [-0.2, 0) is 0 Å². The molecule has 1 aromatic carbocycles. The van der Waals surface area contributed by atoms with Gasteiger partial charge in [-0.25, -0.2) is 0 Å². The maximum Gasteiger partial charge on any atom is 0.257 e. The van der Waals surface area contributed by atoms with Gasteiger partial charge in [0.15, 0.2) is 0 Å². The van der Waals surface area contributed by atoms with Crippen LogP contribution in [0, 0.1) is 5.41 Å². The van der Waals surface area contributed by atoms with Crippen LogP contribution in [0.5, 0.6) is 5.75 Å². The Morgan fingerprint density at radius 3 is 2.65 bits per heavy atom. The van der Waals surface area contributed by atoms with E-state index in [4.69, 9.17) is 5.73 Å². The number of rotatable bonds is 6. The predicted molar refractivity (Wildman–Crippen MR) is 84.8 cm³/mol. The molecule has 0 aliphatic heterocycles. The van der Waals surface area contributed by atoms with Gasteiger partial charge in [0, 0.05) is 17.6 Å². The summed E-state index contributed by atoms with van der Waals surface area (Å²) in [5.41, 5.74) is 5.92. The molecule has 0 bridgehead atoms. The van der Waals surface area contributed by atoms with Crippen molar-refractivity contribution in [1.29, 1.82) is 0 Å². The molecule has 0 unspecified atom stereocenters. The second kappa shape index (κ2) is 7.09. The van der Waals surface area contributed by atoms with Gasteiger partial charge in [-0.1, -0.05) is 36.7 Å². The van der Waals surface area contributed by atoms with Crippen LogP contribution < -0.4 is 5.73 Å². The number of amides is 1. The number of aromatic hydroxyl groups is 1. The number of carbonyl (C=O) groups excluding carboxylic acids is 1. The monoisotopic (exact) mass is 342 g/mol. The fourth-order valence-electron chi connectivity index (χ4n) is 1.95. The molecule has 1 rings (SSSR count). The third-order valence-electron chi connectivity index (χ3n) is 3.14. The highest BCUT2D eigenvalue weighted by Gasteiger charge is 2.25. The molecular formula is C15H23BrN2O2. The third-order valence-corrected chi connectivity index (χ3v) is 3.63. The highest BCUT2D eigenvalue weighted by Crippen LogP contribution is 2.25. The van der Waals surface area contributed by atoms with Crippen molar-refractivity contribution >= 4 is 21.8 Å². The van der Waals surface area contributed by atoms with Crippen LogP contribution in [-0.4, -0.2) is 35.5 Å². The number of hydrogen-bond donors (Lipinski definition) is 2. The van der Waals surface area contributed by atoms with Gasteiger partial charge < -0.3 is 15.7 Å². The number of hydrogen-bond acceptors (Lipinski definition) is 3. The number of halogens is 1. The first kappa shape index (κ1) is 17.0. The van der Waals surface area contributed by atoms with Gasteiger partial charge in [0.05, 0.1) is 5.56 Å². The summed E-state index contributed by atoms with van der Waals surface area (Å²) >= 11 is 3.33. The molecule has 4 nitrogen and oxygen atoms in total. The van der Waals surface area contributed by atoms with Gasteiger partial charge in [0.1, 0.15) is 5.75 Å². The predicted octanol–water partition coefficient (Wildman–Crippen LogP) is 2.99. The minimum atomic E-state index is -0.160. The minimum absolute atomic E-state index is 0.00450. The molecule has 0 fully saturated rings. The van der Waals surface area contributed by atoms with Gasteiger partial charge in [0.25, 0.3) is 5.91 Å². The SMILES string of the molecule is CCCN(CC(C)(C)CN)C(=O)c1cc(Br)ccc1O. The maximum atomic E-state index is 12.6. The van der Waals surface area contributed by atoms with E-state index >= 15 is 0 Å². The largest absolute Gasteiger partial charge is 0.507 e. The van der Waals surface area contributed by atoms with Crippen molar-refractivity contribution in [3.63, 3.8) is 0 Å². The summed E-state index contributed by atoms with van der Waals surface area (Å²) in [6.45, 7) is 7.81. The van der Waals surface area contributed by atoms with E-state index < -0.39 is 0 Å². The zero-order valence-electron chi connectivity index (χ0n) is 12.3. The molecule has 20 heavy (non-hydrogen) atoms. The Labute approximate surface area is 129 Å². The van der Waals surface area contributed by atoms with Gasteiger partial charge in [0.2, 0.25) is 0 Å². The molecular weight excluding hydrogens is 320 g/mol. The summed E-state index contributed by atoms with van der Waals surface area (Å²) in [6, 6.07) is 4.88. The van der Waals surface area contributed by atoms with E-state index in [9.17, 15) is 9.90 Å². The van der Waals surface area contributed by atoms with Crippen molar-refractivity contribution in [3.8, 4) is 5.75 Å². The van der Waals surface area contributed by atoms with E-state index in [-0.39, 0.29) is 17.1 Å². The molecule has 1 amide bonds. The standard InChI is InChI=1S/C15H23BrN2O2/c1-4-7-18(10-15(2,3)9-17)14(20)12-8-11(16)5-6-13(12)19/h5-6,8,19H,4,7,9-10,17H2,1-3H3. The molecule has 112 valence electrons. The topological polar surface area (TPSA) is 66.6 Å². The van der Waals surface area contributed by atoms with Crippen LogP contribution in [0.1, 0.15) is 37.6 Å². The Hall–Kier alpha value is -1.07. The highest BCUT2D eigenvalue weighted by atomic mass is 79.9. The molecule has 1 aromatic rings. The summed E-state index contributed by atoms with van der Waals surface area (Å²) in [7, 11) is 0. The smallest absolute Gasteiger partial charge is 0.257 e. The van der Waals surface area contributed by atoms with Crippen molar-refractivity contribution in [2.75, 3.05) is 19.6 Å². The van der Waals surface area contributed by atoms with Crippen LogP contribution in [0.2, 0.25) is 0 Å². The number of phenolic OH excluding ortho intramolecular Hbond substituents is 1. The lowest BCUT2D eigenvalue weighted by Crippen LogP contribution is -2.42. The zero-order valence-corrected chi connectivity index (χ0v) is 13.9. The molecule has 0 atom stereocenters. The Balaban J connectivity index is 3.02. The van der Waals surface area contributed by atoms with Crippen LogP contribution in [0.15, 0.2) is 22.7 Å². The second-order valence-corrected chi connectivity index (χ2v) is 6.67. The first-order valence-corrected chi connectivity index (χ1v) is 7.58. The van der Waals surface area contributed by atoms with Crippen molar-refractivity contribution in [2.24, 2.45) is 11.1 Å². The summed E-state index contributed by atoms with van der Waals surface area (Å²) in [6.07, 6.45) is 0.862. The minimum Gasteiger partial charge on any atom is -0.507 e. The van der Waals surface area contributed by atoms with Gasteiger partial charge in [-0.2, -0.15) is 0 Å². The summed E-state index contributed by atoms with van der Waals surface area (Å²) in [5, 5.41) is 9.88. The van der Waals surface area contributed by atoms with Crippen LogP contribution in [0.25, 0.3) is 0 Å². The molecule has 0 saturated heterocycles. The number of carbonyl (C=O) groups is 1. The zero-order chi connectivity index (χ0) is 15.3. The number of nitrogens with zero attached hydrogens (tertiary/aromatic N) is 1. The van der Waals surface area contributed by atoms with Crippen molar-refractivity contribution < 1.29 is 9.90 Å². The second-order valence-electron chi connectivity index (χ2n) is 5.76. The van der Waals surface area contributed by atoms with Crippen LogP contribution >= 0.6 is 15.9 Å². The molecule has 5 heteroatoms. The Bertz CT molecular complexity index is 475. The van der Waals surface area contributed by atoms with E-state index in [2.05, 4.69) is 15.9 Å². The molecule has 0 aliphatic rings. The number of phenols is 1. The molecule has 0 aliphatic carbocycles. The van der Waals surface area contributed by atoms with Gasteiger partial charge in [-0.05, 0) is 36.6 Å². The molecule has 0 saturated carbocycles. The molecule has 0 radical (unpaired) electrons. The summed E-state index contributed by atoms with van der Waals surface area (Å²) in [4.78, 5) is 14.4. The molecule has 0 spiro atoms.